The van der Waals surface area contributed by atoms with Gasteiger partial charge in [-0.15, -0.1) is 16.7 Å². The Balaban J connectivity index is 2.33. The molecule has 19 heavy (non-hydrogen) atoms. The highest BCUT2D eigenvalue weighted by Crippen LogP contribution is 2.21. The predicted molar refractivity (Wildman–Crippen MR) is 70.5 cm³/mol. The first-order valence-corrected chi connectivity index (χ1v) is 6.12. The highest BCUT2D eigenvalue weighted by Gasteiger charge is 2.12. The molecular formula is C13H8ClN5. The average molecular weight is 270 g/mol. The second-order valence-electron chi connectivity index (χ2n) is 3.88. The van der Waals surface area contributed by atoms with Gasteiger partial charge in [-0.2, -0.15) is 5.26 Å². The van der Waals surface area contributed by atoms with Gasteiger partial charge in [0.1, 0.15) is 6.07 Å². The monoisotopic (exact) mass is 269 g/mol. The van der Waals surface area contributed by atoms with E-state index in [0.717, 1.165) is 11.3 Å². The Bertz CT molecular complexity index is 773. The molecule has 6 heteroatoms. The van der Waals surface area contributed by atoms with E-state index in [1.807, 2.05) is 18.2 Å². The fourth-order valence-corrected chi connectivity index (χ4v) is 2.00. The molecule has 0 aliphatic heterocycles. The molecule has 3 aromatic rings. The number of aromatic nitrogens is 4. The number of nitriles is 1. The van der Waals surface area contributed by atoms with E-state index in [0.29, 0.717) is 17.0 Å². The Hall–Kier alpha value is -2.45. The fraction of sp³-hybridized carbons (Fsp3) is 0.0769. The maximum Gasteiger partial charge on any atom is 0.174 e. The van der Waals surface area contributed by atoms with E-state index in [9.17, 15) is 0 Å². The minimum absolute atomic E-state index is 0.211. The molecule has 3 aromatic heterocycles. The SMILES string of the molecule is N#Cc1ccc(-c2ccncc2)n2nc(CCl)nc12. The van der Waals surface area contributed by atoms with Crippen LogP contribution in [0.15, 0.2) is 36.7 Å². The zero-order chi connectivity index (χ0) is 13.2. The van der Waals surface area contributed by atoms with E-state index in [2.05, 4.69) is 21.1 Å². The number of nitrogens with zero attached hydrogens (tertiary/aromatic N) is 5. The van der Waals surface area contributed by atoms with Crippen LogP contribution in [-0.2, 0) is 5.88 Å². The number of halogens is 1. The van der Waals surface area contributed by atoms with Crippen molar-refractivity contribution in [3.8, 4) is 17.3 Å². The van der Waals surface area contributed by atoms with Crippen molar-refractivity contribution in [2.75, 3.05) is 0 Å². The lowest BCUT2D eigenvalue weighted by Crippen LogP contribution is -1.96. The van der Waals surface area contributed by atoms with Crippen molar-refractivity contribution in [3.05, 3.63) is 48.0 Å². The molecule has 0 aliphatic carbocycles. The molecule has 3 rings (SSSR count). The van der Waals surface area contributed by atoms with Crippen molar-refractivity contribution >= 4 is 17.2 Å². The summed E-state index contributed by atoms with van der Waals surface area (Å²) in [6.45, 7) is 0. The van der Waals surface area contributed by atoms with Crippen molar-refractivity contribution in [2.45, 2.75) is 5.88 Å². The molecule has 3 heterocycles. The van der Waals surface area contributed by atoms with Crippen LogP contribution in [0.2, 0.25) is 0 Å². The van der Waals surface area contributed by atoms with Crippen molar-refractivity contribution in [2.24, 2.45) is 0 Å². The number of rotatable bonds is 2. The largest absolute Gasteiger partial charge is 0.265 e. The minimum atomic E-state index is 0.211. The number of pyridine rings is 2. The van der Waals surface area contributed by atoms with E-state index in [1.165, 1.54) is 0 Å². The molecule has 92 valence electrons. The van der Waals surface area contributed by atoms with Gasteiger partial charge in [-0.05, 0) is 24.3 Å². The second kappa shape index (κ2) is 4.67. The Morgan fingerprint density at radius 2 is 2.00 bits per heavy atom. The predicted octanol–water partition coefficient (Wildman–Crippen LogP) is 2.40. The lowest BCUT2D eigenvalue weighted by atomic mass is 10.1. The summed E-state index contributed by atoms with van der Waals surface area (Å²) in [5.74, 6) is 0.710. The summed E-state index contributed by atoms with van der Waals surface area (Å²) >= 11 is 5.76. The Labute approximate surface area is 114 Å². The van der Waals surface area contributed by atoms with E-state index in [1.54, 1.807) is 23.0 Å². The van der Waals surface area contributed by atoms with Crippen molar-refractivity contribution in [3.63, 3.8) is 0 Å². The third kappa shape index (κ3) is 1.92. The fourth-order valence-electron chi connectivity index (χ4n) is 1.89. The van der Waals surface area contributed by atoms with Crippen LogP contribution in [0.1, 0.15) is 11.4 Å². The first-order valence-electron chi connectivity index (χ1n) is 5.58. The van der Waals surface area contributed by atoms with Gasteiger partial charge < -0.3 is 0 Å². The number of fused-ring (bicyclic) bond motifs is 1. The van der Waals surface area contributed by atoms with Crippen LogP contribution in [0.3, 0.4) is 0 Å². The maximum atomic E-state index is 9.10. The zero-order valence-corrected chi connectivity index (χ0v) is 10.5. The third-order valence-corrected chi connectivity index (χ3v) is 2.98. The summed E-state index contributed by atoms with van der Waals surface area (Å²) < 4.78 is 1.64. The van der Waals surface area contributed by atoms with Gasteiger partial charge in [0, 0.05) is 18.0 Å². The van der Waals surface area contributed by atoms with E-state index in [-0.39, 0.29) is 5.88 Å². The maximum absolute atomic E-state index is 9.10. The standard InChI is InChI=1S/C13H8ClN5/c14-7-12-17-13-10(8-15)1-2-11(19(13)18-12)9-3-5-16-6-4-9/h1-6H,7H2. The number of hydrogen-bond acceptors (Lipinski definition) is 4. The molecule has 0 amide bonds. The summed E-state index contributed by atoms with van der Waals surface area (Å²) in [6.07, 6.45) is 3.41. The van der Waals surface area contributed by atoms with Crippen LogP contribution < -0.4 is 0 Å². The molecule has 0 saturated heterocycles. The Morgan fingerprint density at radius 3 is 2.68 bits per heavy atom. The van der Waals surface area contributed by atoms with Gasteiger partial charge in [0.2, 0.25) is 0 Å². The molecule has 0 aromatic carbocycles. The molecule has 0 aliphatic rings. The lowest BCUT2D eigenvalue weighted by Gasteiger charge is -2.04. The topological polar surface area (TPSA) is 66.9 Å². The molecule has 0 radical (unpaired) electrons. The molecule has 0 spiro atoms. The molecule has 0 saturated carbocycles. The molecule has 0 N–H and O–H groups in total. The minimum Gasteiger partial charge on any atom is -0.265 e. The lowest BCUT2D eigenvalue weighted by molar-refractivity contribution is 0.928. The van der Waals surface area contributed by atoms with Gasteiger partial charge in [0.15, 0.2) is 11.5 Å². The van der Waals surface area contributed by atoms with E-state index in [4.69, 9.17) is 16.9 Å². The molecule has 0 unspecified atom stereocenters. The van der Waals surface area contributed by atoms with Crippen molar-refractivity contribution in [1.29, 1.82) is 5.26 Å². The van der Waals surface area contributed by atoms with Gasteiger partial charge >= 0.3 is 0 Å². The first kappa shape index (κ1) is 11.6. The highest BCUT2D eigenvalue weighted by molar-refractivity contribution is 6.16. The second-order valence-corrected chi connectivity index (χ2v) is 4.14. The quantitative estimate of drug-likeness (QED) is 0.670. The number of hydrogen-bond donors (Lipinski definition) is 0. The van der Waals surface area contributed by atoms with Crippen molar-refractivity contribution in [1.82, 2.24) is 19.6 Å². The summed E-state index contributed by atoms with van der Waals surface area (Å²) in [5, 5.41) is 13.4. The Kier molecular flexibility index (Phi) is 2.86. The Morgan fingerprint density at radius 1 is 1.21 bits per heavy atom. The van der Waals surface area contributed by atoms with E-state index < -0.39 is 0 Å². The summed E-state index contributed by atoms with van der Waals surface area (Å²) in [4.78, 5) is 8.26. The smallest absolute Gasteiger partial charge is 0.174 e. The molecule has 0 fully saturated rings. The number of alkyl halides is 1. The molecule has 0 atom stereocenters. The van der Waals surface area contributed by atoms with Crippen molar-refractivity contribution < 1.29 is 0 Å². The zero-order valence-electron chi connectivity index (χ0n) is 9.79. The molecule has 0 bridgehead atoms. The van der Waals surface area contributed by atoms with Crippen LogP contribution >= 0.6 is 11.6 Å². The van der Waals surface area contributed by atoms with E-state index >= 15 is 0 Å². The third-order valence-electron chi connectivity index (χ3n) is 2.74. The summed E-state index contributed by atoms with van der Waals surface area (Å²) in [7, 11) is 0. The normalized spacial score (nSPS) is 10.5. The van der Waals surface area contributed by atoms with Crippen LogP contribution in [0.5, 0.6) is 0 Å². The average Bonchev–Trinajstić information content (AvgIpc) is 2.91. The van der Waals surface area contributed by atoms with Crippen LogP contribution in [0.4, 0.5) is 0 Å². The molecule has 5 nitrogen and oxygen atoms in total. The van der Waals surface area contributed by atoms with Crippen LogP contribution in [0.25, 0.3) is 16.9 Å². The highest BCUT2D eigenvalue weighted by atomic mass is 35.5. The van der Waals surface area contributed by atoms with Gasteiger partial charge in [-0.1, -0.05) is 0 Å². The van der Waals surface area contributed by atoms with Gasteiger partial charge in [0.25, 0.3) is 0 Å². The summed E-state index contributed by atoms with van der Waals surface area (Å²) in [6, 6.07) is 9.44. The first-order chi connectivity index (χ1) is 9.33. The van der Waals surface area contributed by atoms with Gasteiger partial charge in [-0.25, -0.2) is 9.50 Å². The summed E-state index contributed by atoms with van der Waals surface area (Å²) in [5.41, 5.74) is 2.80. The van der Waals surface area contributed by atoms with Gasteiger partial charge in [-0.3, -0.25) is 4.98 Å². The molecular weight excluding hydrogens is 262 g/mol. The van der Waals surface area contributed by atoms with Crippen LogP contribution in [0, 0.1) is 11.3 Å². The van der Waals surface area contributed by atoms with Gasteiger partial charge in [0.05, 0.1) is 17.1 Å². The van der Waals surface area contributed by atoms with Crippen LogP contribution in [-0.4, -0.2) is 19.6 Å².